The Morgan fingerprint density at radius 1 is 1.40 bits per heavy atom. The molecule has 5 nitrogen and oxygen atoms in total. The van der Waals surface area contributed by atoms with Crippen LogP contribution in [0, 0.1) is 6.92 Å². The summed E-state index contributed by atoms with van der Waals surface area (Å²) in [6.07, 6.45) is 5.69. The molecule has 0 atom stereocenters. The second-order valence-electron chi connectivity index (χ2n) is 3.11. The quantitative estimate of drug-likeness (QED) is 0.692. The van der Waals surface area contributed by atoms with Gasteiger partial charge in [-0.15, -0.1) is 0 Å². The van der Waals surface area contributed by atoms with Crippen molar-refractivity contribution in [2.75, 3.05) is 0 Å². The third-order valence-electron chi connectivity index (χ3n) is 2.05. The summed E-state index contributed by atoms with van der Waals surface area (Å²) in [5.74, 6) is 0. The lowest BCUT2D eigenvalue weighted by Gasteiger charge is -1.95. The first-order valence-electron chi connectivity index (χ1n) is 4.55. The Morgan fingerprint density at radius 2 is 2.27 bits per heavy atom. The van der Waals surface area contributed by atoms with Gasteiger partial charge in [-0.05, 0) is 13.0 Å². The number of hydrogen-bond acceptors (Lipinski definition) is 4. The zero-order chi connectivity index (χ0) is 10.7. The van der Waals surface area contributed by atoms with Gasteiger partial charge in [0.2, 0.25) is 0 Å². The lowest BCUT2D eigenvalue weighted by atomic mass is 10.3. The molecule has 15 heavy (non-hydrogen) atoms. The minimum atomic E-state index is 0.270. The van der Waals surface area contributed by atoms with Gasteiger partial charge in [0.1, 0.15) is 17.7 Å². The van der Waals surface area contributed by atoms with E-state index in [9.17, 15) is 4.79 Å². The molecule has 76 valence electrons. The molecule has 0 saturated carbocycles. The van der Waals surface area contributed by atoms with E-state index in [1.165, 1.54) is 0 Å². The van der Waals surface area contributed by atoms with Gasteiger partial charge >= 0.3 is 0 Å². The van der Waals surface area contributed by atoms with Crippen molar-refractivity contribution < 1.29 is 4.79 Å². The molecular formula is C10H10N4O. The highest BCUT2D eigenvalue weighted by Gasteiger charge is 2.06. The summed E-state index contributed by atoms with van der Waals surface area (Å²) >= 11 is 0. The first-order chi connectivity index (χ1) is 7.31. The van der Waals surface area contributed by atoms with Crippen LogP contribution in [-0.4, -0.2) is 26.0 Å². The highest BCUT2D eigenvalue weighted by atomic mass is 16.1. The van der Waals surface area contributed by atoms with Crippen LogP contribution >= 0.6 is 0 Å². The van der Waals surface area contributed by atoms with Crippen LogP contribution in [0.1, 0.15) is 5.69 Å². The van der Waals surface area contributed by atoms with Crippen LogP contribution in [0.5, 0.6) is 0 Å². The van der Waals surface area contributed by atoms with E-state index in [2.05, 4.69) is 15.1 Å². The van der Waals surface area contributed by atoms with Gasteiger partial charge in [0.05, 0.1) is 12.7 Å². The Labute approximate surface area is 86.8 Å². The summed E-state index contributed by atoms with van der Waals surface area (Å²) < 4.78 is 1.64. The van der Waals surface area contributed by atoms with Crippen molar-refractivity contribution in [3.8, 4) is 11.4 Å². The van der Waals surface area contributed by atoms with E-state index in [0.717, 1.165) is 17.7 Å². The SMILES string of the molecule is Cc1cc(-c2cnccn2)nn1CC=O. The molecular weight excluding hydrogens is 192 g/mol. The van der Waals surface area contributed by atoms with E-state index in [1.54, 1.807) is 23.3 Å². The maximum atomic E-state index is 10.4. The summed E-state index contributed by atoms with van der Waals surface area (Å²) in [6.45, 7) is 2.17. The first-order valence-corrected chi connectivity index (χ1v) is 4.55. The molecule has 0 fully saturated rings. The van der Waals surface area contributed by atoms with Crippen molar-refractivity contribution >= 4 is 6.29 Å². The largest absolute Gasteiger partial charge is 0.301 e. The third kappa shape index (κ3) is 1.90. The second-order valence-corrected chi connectivity index (χ2v) is 3.11. The Bertz CT molecular complexity index is 464. The molecule has 0 spiro atoms. The summed E-state index contributed by atoms with van der Waals surface area (Å²) in [6, 6.07) is 1.88. The number of carbonyl (C=O) groups is 1. The van der Waals surface area contributed by atoms with E-state index in [4.69, 9.17) is 0 Å². The standard InChI is InChI=1S/C10H10N4O/c1-8-6-9(13-14(8)4-5-15)10-7-11-2-3-12-10/h2-3,5-7H,4H2,1H3. The lowest BCUT2D eigenvalue weighted by Crippen LogP contribution is -2.02. The third-order valence-corrected chi connectivity index (χ3v) is 2.05. The van der Waals surface area contributed by atoms with E-state index < -0.39 is 0 Å². The number of hydrogen-bond donors (Lipinski definition) is 0. The van der Waals surface area contributed by atoms with Crippen molar-refractivity contribution in [2.45, 2.75) is 13.5 Å². The van der Waals surface area contributed by atoms with Crippen LogP contribution in [0.4, 0.5) is 0 Å². The highest BCUT2D eigenvalue weighted by Crippen LogP contribution is 2.14. The molecule has 0 unspecified atom stereocenters. The predicted molar refractivity (Wildman–Crippen MR) is 54.1 cm³/mol. The van der Waals surface area contributed by atoms with Crippen LogP contribution in [0.3, 0.4) is 0 Å². The first kappa shape index (κ1) is 9.51. The fourth-order valence-corrected chi connectivity index (χ4v) is 1.32. The molecule has 0 aliphatic heterocycles. The minimum absolute atomic E-state index is 0.270. The molecule has 0 amide bonds. The van der Waals surface area contributed by atoms with Gasteiger partial charge in [-0.2, -0.15) is 5.10 Å². The van der Waals surface area contributed by atoms with Crippen molar-refractivity contribution in [1.29, 1.82) is 0 Å². The Morgan fingerprint density at radius 3 is 2.93 bits per heavy atom. The summed E-state index contributed by atoms with van der Waals surface area (Å²) in [7, 11) is 0. The zero-order valence-corrected chi connectivity index (χ0v) is 8.29. The van der Waals surface area contributed by atoms with Gasteiger partial charge in [0, 0.05) is 18.1 Å². The van der Waals surface area contributed by atoms with Gasteiger partial charge in [0.15, 0.2) is 0 Å². The molecule has 5 heteroatoms. The normalized spacial score (nSPS) is 10.2. The van der Waals surface area contributed by atoms with Crippen molar-refractivity contribution in [1.82, 2.24) is 19.7 Å². The molecule has 2 heterocycles. The molecule has 2 aromatic rings. The summed E-state index contributed by atoms with van der Waals surface area (Å²) in [5.41, 5.74) is 2.38. The molecule has 2 aromatic heterocycles. The van der Waals surface area contributed by atoms with Gasteiger partial charge < -0.3 is 4.79 Å². The topological polar surface area (TPSA) is 60.7 Å². The number of aryl methyl sites for hydroxylation is 1. The lowest BCUT2D eigenvalue weighted by molar-refractivity contribution is -0.108. The number of carbonyl (C=O) groups excluding carboxylic acids is 1. The van der Waals surface area contributed by atoms with E-state index in [0.29, 0.717) is 5.69 Å². The van der Waals surface area contributed by atoms with Gasteiger partial charge in [0.25, 0.3) is 0 Å². The van der Waals surface area contributed by atoms with Crippen LogP contribution in [0.25, 0.3) is 11.4 Å². The smallest absolute Gasteiger partial charge is 0.141 e. The van der Waals surface area contributed by atoms with Gasteiger partial charge in [-0.3, -0.25) is 14.6 Å². The van der Waals surface area contributed by atoms with Gasteiger partial charge in [-0.25, -0.2) is 0 Å². The fourth-order valence-electron chi connectivity index (χ4n) is 1.32. The summed E-state index contributed by atoms with van der Waals surface area (Å²) in [5, 5.41) is 4.25. The van der Waals surface area contributed by atoms with Crippen molar-refractivity contribution in [2.24, 2.45) is 0 Å². The average Bonchev–Trinajstić information content (AvgIpc) is 2.63. The Hall–Kier alpha value is -2.04. The zero-order valence-electron chi connectivity index (χ0n) is 8.29. The molecule has 2 rings (SSSR count). The highest BCUT2D eigenvalue weighted by molar-refractivity contribution is 5.54. The number of aromatic nitrogens is 4. The number of rotatable bonds is 3. The maximum absolute atomic E-state index is 10.4. The molecule has 0 saturated heterocycles. The van der Waals surface area contributed by atoms with Crippen LogP contribution in [0.2, 0.25) is 0 Å². The predicted octanol–water partition coefficient (Wildman–Crippen LogP) is 0.847. The van der Waals surface area contributed by atoms with Crippen molar-refractivity contribution in [3.63, 3.8) is 0 Å². The van der Waals surface area contributed by atoms with Crippen molar-refractivity contribution in [3.05, 3.63) is 30.4 Å². The molecule has 0 N–H and O–H groups in total. The molecule has 0 radical (unpaired) electrons. The minimum Gasteiger partial charge on any atom is -0.301 e. The van der Waals surface area contributed by atoms with E-state index in [1.807, 2.05) is 13.0 Å². The second kappa shape index (κ2) is 4.00. The van der Waals surface area contributed by atoms with Crippen LogP contribution < -0.4 is 0 Å². The fraction of sp³-hybridized carbons (Fsp3) is 0.200. The van der Waals surface area contributed by atoms with Crippen LogP contribution in [-0.2, 0) is 11.3 Å². The molecule has 0 bridgehead atoms. The number of nitrogens with zero attached hydrogens (tertiary/aromatic N) is 4. The molecule has 0 aromatic carbocycles. The molecule has 0 aliphatic carbocycles. The Balaban J connectivity index is 2.38. The van der Waals surface area contributed by atoms with E-state index >= 15 is 0 Å². The summed E-state index contributed by atoms with van der Waals surface area (Å²) in [4.78, 5) is 18.5. The number of aldehydes is 1. The Kier molecular flexibility index (Phi) is 2.53. The maximum Gasteiger partial charge on any atom is 0.141 e. The monoisotopic (exact) mass is 202 g/mol. The van der Waals surface area contributed by atoms with E-state index in [-0.39, 0.29) is 6.54 Å². The van der Waals surface area contributed by atoms with Gasteiger partial charge in [-0.1, -0.05) is 0 Å². The average molecular weight is 202 g/mol. The molecule has 0 aliphatic rings. The van der Waals surface area contributed by atoms with Crippen LogP contribution in [0.15, 0.2) is 24.7 Å².